The van der Waals surface area contributed by atoms with Crippen LogP contribution in [0.15, 0.2) is 12.3 Å². The summed E-state index contributed by atoms with van der Waals surface area (Å²) in [5, 5.41) is 6.48. The molecule has 0 unspecified atom stereocenters. The standard InChI is InChI=1S/C13H20N2O2/c1-2-3-4-5-6-12(16)10-13(17)9-11-7-8-14-15-11/h7-8H,2-6,9-10H2,1H3,(H,14,15). The highest BCUT2D eigenvalue weighted by molar-refractivity contribution is 5.99. The molecule has 0 spiro atoms. The van der Waals surface area contributed by atoms with E-state index in [2.05, 4.69) is 17.1 Å². The van der Waals surface area contributed by atoms with E-state index in [0.717, 1.165) is 31.4 Å². The lowest BCUT2D eigenvalue weighted by atomic mass is 10.0. The number of aromatic amines is 1. The summed E-state index contributed by atoms with van der Waals surface area (Å²) >= 11 is 0. The number of hydrogen-bond donors (Lipinski definition) is 1. The smallest absolute Gasteiger partial charge is 0.146 e. The number of hydrogen-bond acceptors (Lipinski definition) is 3. The van der Waals surface area contributed by atoms with Gasteiger partial charge in [0.1, 0.15) is 11.6 Å². The maximum absolute atomic E-state index is 11.5. The number of H-pyrrole nitrogens is 1. The van der Waals surface area contributed by atoms with Crippen LogP contribution in [-0.2, 0) is 16.0 Å². The number of carbonyl (C=O) groups excluding carboxylic acids is 2. The van der Waals surface area contributed by atoms with Gasteiger partial charge in [0.2, 0.25) is 0 Å². The molecule has 1 N–H and O–H groups in total. The van der Waals surface area contributed by atoms with Crippen LogP contribution in [0, 0.1) is 0 Å². The summed E-state index contributed by atoms with van der Waals surface area (Å²) in [6, 6.07) is 1.75. The Morgan fingerprint density at radius 1 is 1.24 bits per heavy atom. The van der Waals surface area contributed by atoms with Crippen LogP contribution in [0.3, 0.4) is 0 Å². The van der Waals surface area contributed by atoms with Crippen molar-refractivity contribution in [2.45, 2.75) is 51.9 Å². The van der Waals surface area contributed by atoms with E-state index < -0.39 is 0 Å². The Morgan fingerprint density at radius 3 is 2.71 bits per heavy atom. The zero-order chi connectivity index (χ0) is 12.5. The van der Waals surface area contributed by atoms with Crippen molar-refractivity contribution in [1.29, 1.82) is 0 Å². The number of Topliss-reactive ketones (excluding diaryl/α,β-unsaturated/α-hetero) is 2. The Kier molecular flexibility index (Phi) is 6.22. The number of unbranched alkanes of at least 4 members (excludes halogenated alkanes) is 3. The van der Waals surface area contributed by atoms with E-state index >= 15 is 0 Å². The molecule has 0 aliphatic rings. The highest BCUT2D eigenvalue weighted by atomic mass is 16.1. The summed E-state index contributed by atoms with van der Waals surface area (Å²) in [6.45, 7) is 2.13. The fourth-order valence-electron chi connectivity index (χ4n) is 1.72. The van der Waals surface area contributed by atoms with E-state index in [4.69, 9.17) is 0 Å². The van der Waals surface area contributed by atoms with E-state index in [0.29, 0.717) is 6.42 Å². The van der Waals surface area contributed by atoms with Crippen molar-refractivity contribution in [3.05, 3.63) is 18.0 Å². The first-order chi connectivity index (χ1) is 8.22. The number of carbonyl (C=O) groups is 2. The van der Waals surface area contributed by atoms with Crippen LogP contribution in [0.4, 0.5) is 0 Å². The number of nitrogens with zero attached hydrogens (tertiary/aromatic N) is 1. The third-order valence-corrected chi connectivity index (χ3v) is 2.65. The first-order valence-electron chi connectivity index (χ1n) is 6.24. The van der Waals surface area contributed by atoms with Gasteiger partial charge < -0.3 is 0 Å². The van der Waals surface area contributed by atoms with Crippen LogP contribution >= 0.6 is 0 Å². The van der Waals surface area contributed by atoms with Gasteiger partial charge in [0.25, 0.3) is 0 Å². The van der Waals surface area contributed by atoms with Gasteiger partial charge in [0, 0.05) is 24.7 Å². The number of ketones is 2. The average molecular weight is 236 g/mol. The molecule has 0 aromatic carbocycles. The monoisotopic (exact) mass is 236 g/mol. The molecule has 0 atom stereocenters. The van der Waals surface area contributed by atoms with Crippen molar-refractivity contribution in [3.63, 3.8) is 0 Å². The second-order valence-electron chi connectivity index (χ2n) is 4.32. The van der Waals surface area contributed by atoms with Crippen molar-refractivity contribution in [2.75, 3.05) is 0 Å². The molecular formula is C13H20N2O2. The van der Waals surface area contributed by atoms with Crippen molar-refractivity contribution >= 4 is 11.6 Å². The predicted octanol–water partition coefficient (Wildman–Crippen LogP) is 2.45. The number of nitrogens with one attached hydrogen (secondary N) is 1. The third-order valence-electron chi connectivity index (χ3n) is 2.65. The SMILES string of the molecule is CCCCCCC(=O)CC(=O)Cc1ccn[nH]1. The second kappa shape index (κ2) is 7.76. The van der Waals surface area contributed by atoms with Crippen LogP contribution in [0.5, 0.6) is 0 Å². The molecule has 4 heteroatoms. The van der Waals surface area contributed by atoms with E-state index in [1.807, 2.05) is 0 Å². The van der Waals surface area contributed by atoms with E-state index in [1.54, 1.807) is 12.3 Å². The molecule has 0 aliphatic carbocycles. The van der Waals surface area contributed by atoms with Crippen molar-refractivity contribution < 1.29 is 9.59 Å². The Hall–Kier alpha value is -1.45. The topological polar surface area (TPSA) is 62.8 Å². The molecule has 0 saturated carbocycles. The van der Waals surface area contributed by atoms with Crippen molar-refractivity contribution in [1.82, 2.24) is 10.2 Å². The van der Waals surface area contributed by atoms with E-state index in [1.165, 1.54) is 0 Å². The molecule has 17 heavy (non-hydrogen) atoms. The van der Waals surface area contributed by atoms with Crippen LogP contribution in [0.2, 0.25) is 0 Å². The zero-order valence-corrected chi connectivity index (χ0v) is 10.4. The van der Waals surface area contributed by atoms with E-state index in [-0.39, 0.29) is 24.4 Å². The van der Waals surface area contributed by atoms with Crippen LogP contribution in [0.1, 0.15) is 51.1 Å². The third kappa shape index (κ3) is 6.00. The molecule has 0 amide bonds. The lowest BCUT2D eigenvalue weighted by Crippen LogP contribution is -2.10. The molecular weight excluding hydrogens is 216 g/mol. The second-order valence-corrected chi connectivity index (χ2v) is 4.32. The Morgan fingerprint density at radius 2 is 2.06 bits per heavy atom. The highest BCUT2D eigenvalue weighted by Gasteiger charge is 2.10. The summed E-state index contributed by atoms with van der Waals surface area (Å²) < 4.78 is 0. The molecule has 94 valence electrons. The van der Waals surface area contributed by atoms with Gasteiger partial charge in [-0.15, -0.1) is 0 Å². The molecule has 0 bridgehead atoms. The molecule has 1 heterocycles. The first-order valence-corrected chi connectivity index (χ1v) is 6.24. The van der Waals surface area contributed by atoms with Gasteiger partial charge in [0.15, 0.2) is 0 Å². The summed E-state index contributed by atoms with van der Waals surface area (Å²) in [6.07, 6.45) is 6.79. The van der Waals surface area contributed by atoms with Gasteiger partial charge in [0.05, 0.1) is 6.42 Å². The molecule has 1 aromatic rings. The maximum atomic E-state index is 11.5. The Labute approximate surface area is 102 Å². The van der Waals surface area contributed by atoms with E-state index in [9.17, 15) is 9.59 Å². The molecule has 0 fully saturated rings. The summed E-state index contributed by atoms with van der Waals surface area (Å²) in [7, 11) is 0. The van der Waals surface area contributed by atoms with Gasteiger partial charge >= 0.3 is 0 Å². The number of rotatable bonds is 9. The quantitative estimate of drug-likeness (QED) is 0.529. The molecule has 1 rings (SSSR count). The molecule has 0 aliphatic heterocycles. The fraction of sp³-hybridized carbons (Fsp3) is 0.615. The maximum Gasteiger partial charge on any atom is 0.146 e. The minimum Gasteiger partial charge on any atom is -0.299 e. The van der Waals surface area contributed by atoms with Gasteiger partial charge in [-0.25, -0.2) is 0 Å². The van der Waals surface area contributed by atoms with Gasteiger partial charge in [-0.3, -0.25) is 14.7 Å². The van der Waals surface area contributed by atoms with Crippen molar-refractivity contribution in [3.8, 4) is 0 Å². The summed E-state index contributed by atoms with van der Waals surface area (Å²) in [5.41, 5.74) is 0.772. The Bertz CT molecular complexity index is 344. The lowest BCUT2D eigenvalue weighted by molar-refractivity contribution is -0.126. The lowest BCUT2D eigenvalue weighted by Gasteiger charge is -2.00. The predicted molar refractivity (Wildman–Crippen MR) is 65.7 cm³/mol. The summed E-state index contributed by atoms with van der Waals surface area (Å²) in [5.74, 6) is 0.0281. The molecule has 1 aromatic heterocycles. The number of aromatic nitrogens is 2. The molecule has 0 saturated heterocycles. The average Bonchev–Trinajstić information content (AvgIpc) is 2.77. The normalized spacial score (nSPS) is 10.4. The largest absolute Gasteiger partial charge is 0.299 e. The van der Waals surface area contributed by atoms with Gasteiger partial charge in [-0.2, -0.15) is 5.10 Å². The summed E-state index contributed by atoms with van der Waals surface area (Å²) in [4.78, 5) is 23.0. The van der Waals surface area contributed by atoms with Crippen LogP contribution in [0.25, 0.3) is 0 Å². The first kappa shape index (κ1) is 13.6. The minimum absolute atomic E-state index is 0.0326. The molecule has 4 nitrogen and oxygen atoms in total. The fourth-order valence-corrected chi connectivity index (χ4v) is 1.72. The zero-order valence-electron chi connectivity index (χ0n) is 10.4. The minimum atomic E-state index is -0.0326. The Balaban J connectivity index is 2.15. The van der Waals surface area contributed by atoms with Crippen molar-refractivity contribution in [2.24, 2.45) is 0 Å². The highest BCUT2D eigenvalue weighted by Crippen LogP contribution is 2.06. The molecule has 0 radical (unpaired) electrons. The van der Waals surface area contributed by atoms with Gasteiger partial charge in [-0.1, -0.05) is 26.2 Å². The van der Waals surface area contributed by atoms with Crippen LogP contribution in [-0.4, -0.2) is 21.8 Å². The van der Waals surface area contributed by atoms with Gasteiger partial charge in [-0.05, 0) is 12.5 Å². The van der Waals surface area contributed by atoms with Crippen LogP contribution < -0.4 is 0 Å².